The summed E-state index contributed by atoms with van der Waals surface area (Å²) < 4.78 is 5.25. The summed E-state index contributed by atoms with van der Waals surface area (Å²) in [6.45, 7) is 6.01. The highest BCUT2D eigenvalue weighted by atomic mass is 16.5. The zero-order valence-electron chi connectivity index (χ0n) is 20.4. The Morgan fingerprint density at radius 2 is 1.78 bits per heavy atom. The van der Waals surface area contributed by atoms with Gasteiger partial charge in [0.25, 0.3) is 5.91 Å². The van der Waals surface area contributed by atoms with Gasteiger partial charge in [0, 0.05) is 48.0 Å². The smallest absolute Gasteiger partial charge is 0.316 e. The summed E-state index contributed by atoms with van der Waals surface area (Å²) in [6, 6.07) is 15.1. The highest BCUT2D eigenvalue weighted by Gasteiger charge is 2.24. The lowest BCUT2D eigenvalue weighted by Crippen LogP contribution is -2.54. The van der Waals surface area contributed by atoms with Gasteiger partial charge in [0.05, 0.1) is 35.8 Å². The topological polar surface area (TPSA) is 112 Å². The van der Waals surface area contributed by atoms with Gasteiger partial charge in [-0.15, -0.1) is 0 Å². The molecule has 0 saturated carbocycles. The first-order chi connectivity index (χ1) is 17.4. The average molecular weight is 485 g/mol. The molecule has 1 aliphatic heterocycles. The van der Waals surface area contributed by atoms with Crippen LogP contribution in [-0.2, 0) is 0 Å². The maximum atomic E-state index is 13.3. The molecule has 0 unspecified atom stereocenters. The van der Waals surface area contributed by atoms with Crippen molar-refractivity contribution >= 4 is 28.2 Å². The molecule has 3 N–H and O–H groups in total. The summed E-state index contributed by atoms with van der Waals surface area (Å²) in [7, 11) is 1.51. The van der Waals surface area contributed by atoms with Gasteiger partial charge in [-0.2, -0.15) is 4.98 Å². The normalized spacial score (nSPS) is 17.7. The number of hydrogen-bond donors (Lipinski definition) is 3. The number of carbonyl (C=O) groups is 1. The summed E-state index contributed by atoms with van der Waals surface area (Å²) in [4.78, 5) is 28.9. The Bertz CT molecular complexity index is 1380. The quantitative estimate of drug-likeness (QED) is 0.392. The van der Waals surface area contributed by atoms with Crippen molar-refractivity contribution in [1.82, 2.24) is 20.3 Å². The van der Waals surface area contributed by atoms with Crippen molar-refractivity contribution in [3.63, 3.8) is 0 Å². The number of benzene rings is 2. The summed E-state index contributed by atoms with van der Waals surface area (Å²) in [5.41, 5.74) is 4.11. The number of ether oxygens (including phenoxy) is 1. The number of rotatable bonds is 5. The van der Waals surface area contributed by atoms with Crippen molar-refractivity contribution in [2.75, 3.05) is 30.4 Å². The Morgan fingerprint density at radius 1 is 1.03 bits per heavy atom. The van der Waals surface area contributed by atoms with Crippen LogP contribution in [0.4, 0.5) is 11.4 Å². The van der Waals surface area contributed by atoms with E-state index in [4.69, 9.17) is 4.74 Å². The molecule has 1 fully saturated rings. The predicted molar refractivity (Wildman–Crippen MR) is 140 cm³/mol. The molecule has 3 heterocycles. The van der Waals surface area contributed by atoms with Crippen molar-refractivity contribution in [2.24, 2.45) is 0 Å². The average Bonchev–Trinajstić information content (AvgIpc) is 2.88. The highest BCUT2D eigenvalue weighted by molar-refractivity contribution is 6.13. The second-order valence-corrected chi connectivity index (χ2v) is 9.06. The molecule has 1 aliphatic rings. The molecule has 0 spiro atoms. The predicted octanol–water partition coefficient (Wildman–Crippen LogP) is 3.84. The molecular formula is C27H28N6O3. The minimum absolute atomic E-state index is 0.197. The minimum Gasteiger partial charge on any atom is -0.508 e. The molecule has 9 heteroatoms. The fraction of sp³-hybridized carbons (Fsp3) is 0.259. The molecule has 1 saturated heterocycles. The number of aromatic hydroxyl groups is 1. The highest BCUT2D eigenvalue weighted by Crippen LogP contribution is 2.31. The lowest BCUT2D eigenvalue weighted by molar-refractivity contribution is 0.102. The summed E-state index contributed by atoms with van der Waals surface area (Å²) >= 11 is 0. The molecule has 4 aromatic rings. The van der Waals surface area contributed by atoms with Crippen molar-refractivity contribution in [1.29, 1.82) is 0 Å². The molecule has 5 rings (SSSR count). The van der Waals surface area contributed by atoms with E-state index in [1.807, 2.05) is 12.1 Å². The number of methoxy groups -OCH3 is 1. The first kappa shape index (κ1) is 23.5. The number of carbonyl (C=O) groups excluding carboxylic acids is 1. The van der Waals surface area contributed by atoms with E-state index < -0.39 is 0 Å². The van der Waals surface area contributed by atoms with Gasteiger partial charge < -0.3 is 25.4 Å². The number of nitrogens with zero attached hydrogens (tertiary/aromatic N) is 4. The Hall–Kier alpha value is -4.24. The molecule has 2 aromatic heterocycles. The van der Waals surface area contributed by atoms with E-state index in [1.54, 1.807) is 48.8 Å². The van der Waals surface area contributed by atoms with Gasteiger partial charge in [0.1, 0.15) is 5.75 Å². The van der Waals surface area contributed by atoms with Crippen LogP contribution in [0.15, 0.2) is 60.9 Å². The summed E-state index contributed by atoms with van der Waals surface area (Å²) in [6.07, 6.45) is 3.33. The van der Waals surface area contributed by atoms with Crippen molar-refractivity contribution in [3.05, 3.63) is 66.5 Å². The third-order valence-corrected chi connectivity index (χ3v) is 6.22. The molecule has 36 heavy (non-hydrogen) atoms. The van der Waals surface area contributed by atoms with Crippen molar-refractivity contribution in [3.8, 4) is 23.0 Å². The molecule has 1 amide bonds. The molecule has 2 aromatic carbocycles. The van der Waals surface area contributed by atoms with Gasteiger partial charge in [-0.3, -0.25) is 9.78 Å². The van der Waals surface area contributed by atoms with Crippen LogP contribution in [0.25, 0.3) is 22.2 Å². The number of piperazine rings is 1. The van der Waals surface area contributed by atoms with E-state index in [-0.39, 0.29) is 17.7 Å². The maximum absolute atomic E-state index is 13.3. The van der Waals surface area contributed by atoms with Gasteiger partial charge >= 0.3 is 6.01 Å². The van der Waals surface area contributed by atoms with Crippen LogP contribution in [0, 0.1) is 0 Å². The lowest BCUT2D eigenvalue weighted by Gasteiger charge is -2.38. The maximum Gasteiger partial charge on any atom is 0.316 e. The van der Waals surface area contributed by atoms with Gasteiger partial charge in [-0.1, -0.05) is 0 Å². The standard InChI is InChI=1S/C27H28N6O3/c1-16-14-33(15-17(2)30-16)24-11-9-21(25-22(24)13-29-27(32-25)36-3)26(35)31-19-6-10-23(28-12-19)18-4-7-20(34)8-5-18/h4-13,16-17,30,34H,14-15H2,1-3H3,(H,31,35)/t16-,17-/m1/s1. The number of anilines is 2. The molecule has 0 bridgehead atoms. The number of nitrogens with one attached hydrogen (secondary N) is 2. The monoisotopic (exact) mass is 484 g/mol. The van der Waals surface area contributed by atoms with Crippen molar-refractivity contribution < 1.29 is 14.6 Å². The molecule has 184 valence electrons. The van der Waals surface area contributed by atoms with Gasteiger partial charge in [0.15, 0.2) is 0 Å². The van der Waals surface area contributed by atoms with E-state index in [0.717, 1.165) is 35.4 Å². The van der Waals surface area contributed by atoms with E-state index in [1.165, 1.54) is 7.11 Å². The number of fused-ring (bicyclic) bond motifs is 1. The fourth-order valence-electron chi connectivity index (χ4n) is 4.64. The Labute approximate surface area is 209 Å². The third-order valence-electron chi connectivity index (χ3n) is 6.22. The summed E-state index contributed by atoms with van der Waals surface area (Å²) in [5.74, 6) is -0.101. The van der Waals surface area contributed by atoms with E-state index in [0.29, 0.717) is 28.9 Å². The van der Waals surface area contributed by atoms with Gasteiger partial charge in [-0.25, -0.2) is 4.98 Å². The van der Waals surface area contributed by atoms with Crippen LogP contribution in [-0.4, -0.2) is 58.2 Å². The number of hydrogen-bond acceptors (Lipinski definition) is 8. The largest absolute Gasteiger partial charge is 0.508 e. The van der Waals surface area contributed by atoms with Crippen LogP contribution in [0.5, 0.6) is 11.8 Å². The first-order valence-corrected chi connectivity index (χ1v) is 11.8. The molecule has 2 atom stereocenters. The van der Waals surface area contributed by atoms with E-state index in [2.05, 4.69) is 44.3 Å². The van der Waals surface area contributed by atoms with E-state index >= 15 is 0 Å². The zero-order chi connectivity index (χ0) is 25.2. The first-order valence-electron chi connectivity index (χ1n) is 11.8. The Balaban J connectivity index is 1.44. The zero-order valence-corrected chi connectivity index (χ0v) is 20.4. The molecule has 0 aliphatic carbocycles. The van der Waals surface area contributed by atoms with Crippen LogP contribution < -0.4 is 20.3 Å². The van der Waals surface area contributed by atoms with Gasteiger partial charge in [-0.05, 0) is 62.4 Å². The minimum atomic E-state index is -0.298. The van der Waals surface area contributed by atoms with Crippen molar-refractivity contribution in [2.45, 2.75) is 25.9 Å². The third kappa shape index (κ3) is 4.78. The van der Waals surface area contributed by atoms with Crippen LogP contribution in [0.3, 0.4) is 0 Å². The fourth-order valence-corrected chi connectivity index (χ4v) is 4.64. The SMILES string of the molecule is COc1ncc2c(N3C[C@@H](C)N[C@H](C)C3)ccc(C(=O)Nc3ccc(-c4ccc(O)cc4)nc3)c2n1. The second kappa shape index (κ2) is 9.79. The second-order valence-electron chi connectivity index (χ2n) is 9.06. The summed E-state index contributed by atoms with van der Waals surface area (Å²) in [5, 5.41) is 16.8. The number of amides is 1. The number of aromatic nitrogens is 3. The van der Waals surface area contributed by atoms with Crippen LogP contribution >= 0.6 is 0 Å². The van der Waals surface area contributed by atoms with E-state index in [9.17, 15) is 9.90 Å². The van der Waals surface area contributed by atoms with Crippen LogP contribution in [0.2, 0.25) is 0 Å². The Kier molecular flexibility index (Phi) is 6.39. The Morgan fingerprint density at radius 3 is 2.44 bits per heavy atom. The molecule has 0 radical (unpaired) electrons. The lowest BCUT2D eigenvalue weighted by atomic mass is 10.0. The molecular weight excluding hydrogens is 456 g/mol. The number of phenols is 1. The number of phenolic OH excluding ortho intramolecular Hbond substituents is 1. The van der Waals surface area contributed by atoms with Gasteiger partial charge in [0.2, 0.25) is 0 Å². The van der Waals surface area contributed by atoms with Crippen LogP contribution in [0.1, 0.15) is 24.2 Å². The number of pyridine rings is 1. The molecule has 9 nitrogen and oxygen atoms in total.